The number of ether oxygens (including phenoxy) is 2. The average Bonchev–Trinajstić information content (AvgIpc) is 2.34. The predicted octanol–water partition coefficient (Wildman–Crippen LogP) is 2.80. The zero-order valence-corrected chi connectivity index (χ0v) is 11.7. The average molecular weight is 252 g/mol. The summed E-state index contributed by atoms with van der Waals surface area (Å²) >= 11 is 0. The van der Waals surface area contributed by atoms with Gasteiger partial charge in [-0.05, 0) is 11.0 Å². The molecule has 3 heteroatoms. The molecule has 0 saturated heterocycles. The lowest BCUT2D eigenvalue weighted by Gasteiger charge is -2.33. The van der Waals surface area contributed by atoms with Crippen molar-refractivity contribution in [2.24, 2.45) is 5.41 Å². The van der Waals surface area contributed by atoms with Gasteiger partial charge in [0.05, 0.1) is 19.3 Å². The van der Waals surface area contributed by atoms with Crippen molar-refractivity contribution in [3.63, 3.8) is 0 Å². The molecule has 0 spiro atoms. The van der Waals surface area contributed by atoms with Crippen LogP contribution in [0.4, 0.5) is 0 Å². The topological polar surface area (TPSA) is 38.7 Å². The third-order valence-corrected chi connectivity index (χ3v) is 2.89. The molecule has 0 aliphatic rings. The molecule has 0 radical (unpaired) electrons. The normalized spacial score (nSPS) is 15.4. The third-order valence-electron chi connectivity index (χ3n) is 2.89. The Kier molecular flexibility index (Phi) is 5.79. The summed E-state index contributed by atoms with van der Waals surface area (Å²) in [6.45, 7) is 7.03. The summed E-state index contributed by atoms with van der Waals surface area (Å²) in [5.41, 5.74) is 0.768. The van der Waals surface area contributed by atoms with Crippen molar-refractivity contribution in [1.29, 1.82) is 0 Å². The van der Waals surface area contributed by atoms with Crippen molar-refractivity contribution in [1.82, 2.24) is 0 Å². The van der Waals surface area contributed by atoms with E-state index in [0.717, 1.165) is 5.56 Å². The van der Waals surface area contributed by atoms with E-state index in [0.29, 0.717) is 13.2 Å². The molecule has 0 amide bonds. The van der Waals surface area contributed by atoms with Crippen molar-refractivity contribution in [3.05, 3.63) is 35.9 Å². The highest BCUT2D eigenvalue weighted by molar-refractivity contribution is 5.19. The Labute approximate surface area is 110 Å². The van der Waals surface area contributed by atoms with Gasteiger partial charge in [-0.2, -0.15) is 0 Å². The number of methoxy groups -OCH3 is 1. The first-order valence-corrected chi connectivity index (χ1v) is 6.30. The highest BCUT2D eigenvalue weighted by Crippen LogP contribution is 2.32. The molecule has 102 valence electrons. The van der Waals surface area contributed by atoms with Crippen molar-refractivity contribution in [2.75, 3.05) is 20.3 Å². The Morgan fingerprint density at radius 2 is 1.72 bits per heavy atom. The Balaban J connectivity index is 2.82. The second kappa shape index (κ2) is 6.88. The third kappa shape index (κ3) is 4.41. The highest BCUT2D eigenvalue weighted by atomic mass is 16.5. The summed E-state index contributed by atoms with van der Waals surface area (Å²) in [6.07, 6.45) is -0.877. The van der Waals surface area contributed by atoms with Gasteiger partial charge in [0.2, 0.25) is 0 Å². The molecule has 0 fully saturated rings. The van der Waals surface area contributed by atoms with Crippen LogP contribution in [0.2, 0.25) is 0 Å². The van der Waals surface area contributed by atoms with Crippen LogP contribution in [0.5, 0.6) is 0 Å². The molecular formula is C15H24O3. The van der Waals surface area contributed by atoms with E-state index in [2.05, 4.69) is 0 Å². The minimum atomic E-state index is -0.559. The summed E-state index contributed by atoms with van der Waals surface area (Å²) < 4.78 is 10.8. The van der Waals surface area contributed by atoms with Gasteiger partial charge in [0.25, 0.3) is 0 Å². The van der Waals surface area contributed by atoms with Gasteiger partial charge in [0.1, 0.15) is 6.10 Å². The zero-order valence-electron chi connectivity index (χ0n) is 11.7. The second-order valence-electron chi connectivity index (χ2n) is 5.51. The van der Waals surface area contributed by atoms with Crippen LogP contribution >= 0.6 is 0 Å². The molecule has 0 aliphatic carbocycles. The van der Waals surface area contributed by atoms with Gasteiger partial charge in [0, 0.05) is 7.11 Å². The van der Waals surface area contributed by atoms with Gasteiger partial charge < -0.3 is 14.6 Å². The maximum Gasteiger partial charge on any atom is 0.109 e. The molecule has 18 heavy (non-hydrogen) atoms. The van der Waals surface area contributed by atoms with E-state index in [9.17, 15) is 5.11 Å². The van der Waals surface area contributed by atoms with Crippen molar-refractivity contribution >= 4 is 0 Å². The van der Waals surface area contributed by atoms with Gasteiger partial charge >= 0.3 is 0 Å². The summed E-state index contributed by atoms with van der Waals surface area (Å²) in [5.74, 6) is 0. The van der Waals surface area contributed by atoms with E-state index in [4.69, 9.17) is 9.47 Å². The predicted molar refractivity (Wildman–Crippen MR) is 72.5 cm³/mol. The van der Waals surface area contributed by atoms with Crippen molar-refractivity contribution < 1.29 is 14.6 Å². The fourth-order valence-electron chi connectivity index (χ4n) is 1.72. The monoisotopic (exact) mass is 252 g/mol. The molecule has 0 bridgehead atoms. The quantitative estimate of drug-likeness (QED) is 0.791. The lowest BCUT2D eigenvalue weighted by atomic mass is 9.83. The number of rotatable bonds is 6. The lowest BCUT2D eigenvalue weighted by Crippen LogP contribution is -2.34. The van der Waals surface area contributed by atoms with Gasteiger partial charge in [0.15, 0.2) is 0 Å². The standard InChI is InChI=1S/C15H24O3/c1-15(2,3)14(16)13(18-11-10-17-4)12-8-6-5-7-9-12/h5-9,13-14,16H,10-11H2,1-4H3/t13-,14-/m0/s1. The molecule has 1 aromatic carbocycles. The van der Waals surface area contributed by atoms with Crippen LogP contribution in [0.25, 0.3) is 0 Å². The number of aliphatic hydroxyl groups excluding tert-OH is 1. The van der Waals surface area contributed by atoms with E-state index in [1.165, 1.54) is 0 Å². The fraction of sp³-hybridized carbons (Fsp3) is 0.600. The number of hydrogen-bond acceptors (Lipinski definition) is 3. The van der Waals surface area contributed by atoms with Gasteiger partial charge in [-0.1, -0.05) is 51.1 Å². The van der Waals surface area contributed by atoms with Crippen LogP contribution in [0.15, 0.2) is 30.3 Å². The Bertz CT molecular complexity index is 329. The molecule has 1 aromatic rings. The maximum absolute atomic E-state index is 10.4. The molecule has 3 nitrogen and oxygen atoms in total. The van der Waals surface area contributed by atoms with E-state index in [1.807, 2.05) is 51.1 Å². The molecule has 2 atom stereocenters. The van der Waals surface area contributed by atoms with E-state index in [1.54, 1.807) is 7.11 Å². The number of hydrogen-bond donors (Lipinski definition) is 1. The maximum atomic E-state index is 10.4. The van der Waals surface area contributed by atoms with Crippen molar-refractivity contribution in [2.45, 2.75) is 33.0 Å². The summed E-state index contributed by atoms with van der Waals surface area (Å²) in [6, 6.07) is 9.83. The van der Waals surface area contributed by atoms with Crippen LogP contribution in [-0.2, 0) is 9.47 Å². The Morgan fingerprint density at radius 3 is 2.22 bits per heavy atom. The first-order chi connectivity index (χ1) is 8.46. The molecule has 1 N–H and O–H groups in total. The minimum Gasteiger partial charge on any atom is -0.390 e. The summed E-state index contributed by atoms with van der Waals surface area (Å²) in [4.78, 5) is 0. The molecule has 0 aromatic heterocycles. The number of benzene rings is 1. The summed E-state index contributed by atoms with van der Waals surface area (Å²) in [7, 11) is 1.64. The zero-order chi connectivity index (χ0) is 13.6. The van der Waals surface area contributed by atoms with E-state index >= 15 is 0 Å². The van der Waals surface area contributed by atoms with Crippen LogP contribution in [-0.4, -0.2) is 31.5 Å². The van der Waals surface area contributed by atoms with Crippen LogP contribution in [0, 0.1) is 5.41 Å². The number of aliphatic hydroxyl groups is 1. The van der Waals surface area contributed by atoms with Crippen LogP contribution < -0.4 is 0 Å². The SMILES string of the molecule is COCCO[C@@H](c1ccccc1)[C@H](O)C(C)(C)C. The van der Waals surface area contributed by atoms with Crippen LogP contribution in [0.1, 0.15) is 32.4 Å². The van der Waals surface area contributed by atoms with Gasteiger partial charge in [-0.15, -0.1) is 0 Å². The van der Waals surface area contributed by atoms with E-state index < -0.39 is 6.10 Å². The van der Waals surface area contributed by atoms with Crippen LogP contribution in [0.3, 0.4) is 0 Å². The minimum absolute atomic E-state index is 0.229. The van der Waals surface area contributed by atoms with Gasteiger partial charge in [-0.3, -0.25) is 0 Å². The lowest BCUT2D eigenvalue weighted by molar-refractivity contribution is -0.0927. The Morgan fingerprint density at radius 1 is 1.11 bits per heavy atom. The first-order valence-electron chi connectivity index (χ1n) is 6.30. The second-order valence-corrected chi connectivity index (χ2v) is 5.51. The smallest absolute Gasteiger partial charge is 0.109 e. The fourth-order valence-corrected chi connectivity index (χ4v) is 1.72. The molecule has 0 aliphatic heterocycles. The molecule has 0 saturated carbocycles. The summed E-state index contributed by atoms with van der Waals surface area (Å²) in [5, 5.41) is 10.4. The van der Waals surface area contributed by atoms with Crippen molar-refractivity contribution in [3.8, 4) is 0 Å². The molecular weight excluding hydrogens is 228 g/mol. The molecule has 0 heterocycles. The highest BCUT2D eigenvalue weighted by Gasteiger charge is 2.32. The first kappa shape index (κ1) is 15.2. The largest absolute Gasteiger partial charge is 0.390 e. The molecule has 0 unspecified atom stereocenters. The van der Waals surface area contributed by atoms with Gasteiger partial charge in [-0.25, -0.2) is 0 Å². The van der Waals surface area contributed by atoms with E-state index in [-0.39, 0.29) is 11.5 Å². The molecule has 1 rings (SSSR count). The Hall–Kier alpha value is -0.900.